The third kappa shape index (κ3) is 3.76. The van der Waals surface area contributed by atoms with E-state index in [1.807, 2.05) is 31.2 Å². The van der Waals surface area contributed by atoms with Crippen molar-refractivity contribution in [3.63, 3.8) is 0 Å². The molecule has 1 N–H and O–H groups in total. The molecule has 7 heteroatoms. The minimum Gasteiger partial charge on any atom is -0.352 e. The monoisotopic (exact) mass is 322 g/mol. The highest BCUT2D eigenvalue weighted by Gasteiger charge is 2.13. The molecular formula is C15H19ClN4O2. The molecule has 2 rings (SSSR count). The Balaban J connectivity index is 1.95. The van der Waals surface area contributed by atoms with Crippen LogP contribution in [0.4, 0.5) is 0 Å². The van der Waals surface area contributed by atoms with Gasteiger partial charge in [-0.3, -0.25) is 9.36 Å². The van der Waals surface area contributed by atoms with Crippen LogP contribution in [0.25, 0.3) is 0 Å². The van der Waals surface area contributed by atoms with Crippen molar-refractivity contribution < 1.29 is 4.79 Å². The second kappa shape index (κ2) is 6.79. The first-order chi connectivity index (χ1) is 10.4. The SMILES string of the molecule is Cc1nn(CC(=O)NC(C)Cc2ccccc2Cl)c(=O)n1C. The summed E-state index contributed by atoms with van der Waals surface area (Å²) >= 11 is 6.10. The predicted octanol–water partition coefficient (Wildman–Crippen LogP) is 1.29. The molecule has 22 heavy (non-hydrogen) atoms. The number of aromatic nitrogens is 3. The maximum atomic E-state index is 12.0. The summed E-state index contributed by atoms with van der Waals surface area (Å²) < 4.78 is 2.56. The van der Waals surface area contributed by atoms with Crippen LogP contribution < -0.4 is 11.0 Å². The van der Waals surface area contributed by atoms with Gasteiger partial charge in [-0.15, -0.1) is 0 Å². The zero-order valence-corrected chi connectivity index (χ0v) is 13.6. The average molecular weight is 323 g/mol. The van der Waals surface area contributed by atoms with E-state index in [0.29, 0.717) is 17.3 Å². The van der Waals surface area contributed by atoms with Crippen LogP contribution in [0.5, 0.6) is 0 Å². The molecule has 0 radical (unpaired) electrons. The fraction of sp³-hybridized carbons (Fsp3) is 0.400. The van der Waals surface area contributed by atoms with Crippen molar-refractivity contribution in [1.82, 2.24) is 19.7 Å². The summed E-state index contributed by atoms with van der Waals surface area (Å²) in [6.07, 6.45) is 0.627. The molecule has 6 nitrogen and oxygen atoms in total. The topological polar surface area (TPSA) is 68.9 Å². The van der Waals surface area contributed by atoms with E-state index < -0.39 is 0 Å². The standard InChI is InChI=1S/C15H19ClN4O2/c1-10(8-12-6-4-5-7-13(12)16)17-14(21)9-20-15(22)19(3)11(2)18-20/h4-7,10H,8-9H2,1-3H3,(H,17,21). The van der Waals surface area contributed by atoms with Crippen LogP contribution in [0.15, 0.2) is 29.1 Å². The zero-order valence-electron chi connectivity index (χ0n) is 12.8. The molecule has 0 aliphatic carbocycles. The normalized spacial score (nSPS) is 12.2. The average Bonchev–Trinajstić information content (AvgIpc) is 2.68. The van der Waals surface area contributed by atoms with Gasteiger partial charge in [-0.05, 0) is 31.9 Å². The van der Waals surface area contributed by atoms with Gasteiger partial charge in [0.15, 0.2) is 0 Å². The molecule has 0 aliphatic rings. The Morgan fingerprint density at radius 1 is 1.41 bits per heavy atom. The second-order valence-corrected chi connectivity index (χ2v) is 5.72. The van der Waals surface area contributed by atoms with E-state index in [1.54, 1.807) is 14.0 Å². The molecular weight excluding hydrogens is 304 g/mol. The molecule has 0 bridgehead atoms. The number of rotatable bonds is 5. The Morgan fingerprint density at radius 2 is 2.09 bits per heavy atom. The summed E-state index contributed by atoms with van der Waals surface area (Å²) in [6, 6.07) is 7.43. The van der Waals surface area contributed by atoms with Gasteiger partial charge in [0.05, 0.1) is 0 Å². The third-order valence-electron chi connectivity index (χ3n) is 3.44. The highest BCUT2D eigenvalue weighted by Crippen LogP contribution is 2.16. The highest BCUT2D eigenvalue weighted by molar-refractivity contribution is 6.31. The molecule has 1 aromatic carbocycles. The van der Waals surface area contributed by atoms with Crippen molar-refractivity contribution in [2.45, 2.75) is 32.9 Å². The second-order valence-electron chi connectivity index (χ2n) is 5.31. The Bertz CT molecular complexity index is 735. The van der Waals surface area contributed by atoms with E-state index in [4.69, 9.17) is 11.6 Å². The van der Waals surface area contributed by atoms with Crippen molar-refractivity contribution in [1.29, 1.82) is 0 Å². The van der Waals surface area contributed by atoms with E-state index in [0.717, 1.165) is 10.2 Å². The molecule has 1 aromatic heterocycles. The molecule has 0 aliphatic heterocycles. The Morgan fingerprint density at radius 3 is 2.68 bits per heavy atom. The van der Waals surface area contributed by atoms with Crippen molar-refractivity contribution in [3.8, 4) is 0 Å². The molecule has 1 atom stereocenters. The quantitative estimate of drug-likeness (QED) is 0.902. The molecule has 118 valence electrons. The lowest BCUT2D eigenvalue weighted by molar-refractivity contribution is -0.122. The number of halogens is 1. The Hall–Kier alpha value is -2.08. The molecule has 0 spiro atoms. The number of amides is 1. The summed E-state index contributed by atoms with van der Waals surface area (Å²) in [5.74, 6) is 0.321. The summed E-state index contributed by atoms with van der Waals surface area (Å²) in [4.78, 5) is 23.8. The van der Waals surface area contributed by atoms with Crippen molar-refractivity contribution in [2.24, 2.45) is 7.05 Å². The van der Waals surface area contributed by atoms with E-state index in [-0.39, 0.29) is 24.2 Å². The number of benzene rings is 1. The van der Waals surface area contributed by atoms with Gasteiger partial charge in [-0.2, -0.15) is 5.10 Å². The first kappa shape index (κ1) is 16.3. The summed E-state index contributed by atoms with van der Waals surface area (Å²) in [6.45, 7) is 3.52. The highest BCUT2D eigenvalue weighted by atomic mass is 35.5. The molecule has 0 saturated heterocycles. The van der Waals surface area contributed by atoms with Gasteiger partial charge in [0, 0.05) is 18.1 Å². The minimum absolute atomic E-state index is 0.0899. The van der Waals surface area contributed by atoms with Gasteiger partial charge in [0.1, 0.15) is 12.4 Å². The van der Waals surface area contributed by atoms with E-state index in [9.17, 15) is 9.59 Å². The zero-order chi connectivity index (χ0) is 16.3. The van der Waals surface area contributed by atoms with Gasteiger partial charge in [0.2, 0.25) is 5.91 Å². The number of nitrogens with zero attached hydrogens (tertiary/aromatic N) is 3. The summed E-state index contributed by atoms with van der Waals surface area (Å²) in [5.41, 5.74) is 0.675. The van der Waals surface area contributed by atoms with Gasteiger partial charge in [-0.25, -0.2) is 9.48 Å². The summed E-state index contributed by atoms with van der Waals surface area (Å²) in [5, 5.41) is 7.57. The van der Waals surface area contributed by atoms with Crippen molar-refractivity contribution in [2.75, 3.05) is 0 Å². The van der Waals surface area contributed by atoms with Gasteiger partial charge >= 0.3 is 5.69 Å². The van der Waals surface area contributed by atoms with E-state index >= 15 is 0 Å². The molecule has 2 aromatic rings. The van der Waals surface area contributed by atoms with Crippen LogP contribution >= 0.6 is 11.6 Å². The molecule has 1 heterocycles. The van der Waals surface area contributed by atoms with Crippen LogP contribution in [0, 0.1) is 6.92 Å². The molecule has 1 amide bonds. The number of carbonyl (C=O) groups excluding carboxylic acids is 1. The predicted molar refractivity (Wildman–Crippen MR) is 85.0 cm³/mol. The van der Waals surface area contributed by atoms with Gasteiger partial charge in [0.25, 0.3) is 0 Å². The van der Waals surface area contributed by atoms with Crippen molar-refractivity contribution in [3.05, 3.63) is 51.2 Å². The first-order valence-corrected chi connectivity index (χ1v) is 7.39. The maximum absolute atomic E-state index is 12.0. The van der Waals surface area contributed by atoms with Gasteiger partial charge < -0.3 is 5.32 Å². The fourth-order valence-corrected chi connectivity index (χ4v) is 2.41. The lowest BCUT2D eigenvalue weighted by atomic mass is 10.1. The number of nitrogens with one attached hydrogen (secondary N) is 1. The number of hydrogen-bond donors (Lipinski definition) is 1. The van der Waals surface area contributed by atoms with E-state index in [1.165, 1.54) is 4.57 Å². The lowest BCUT2D eigenvalue weighted by Gasteiger charge is -2.14. The van der Waals surface area contributed by atoms with E-state index in [2.05, 4.69) is 10.4 Å². The molecule has 0 saturated carbocycles. The van der Waals surface area contributed by atoms with Crippen LogP contribution in [0.1, 0.15) is 18.3 Å². The van der Waals surface area contributed by atoms with Crippen LogP contribution in [-0.2, 0) is 24.8 Å². The minimum atomic E-state index is -0.300. The number of carbonyl (C=O) groups is 1. The first-order valence-electron chi connectivity index (χ1n) is 7.01. The number of aryl methyl sites for hydroxylation is 1. The van der Waals surface area contributed by atoms with Crippen LogP contribution in [-0.4, -0.2) is 26.3 Å². The van der Waals surface area contributed by atoms with Crippen LogP contribution in [0.2, 0.25) is 5.02 Å². The van der Waals surface area contributed by atoms with Crippen LogP contribution in [0.3, 0.4) is 0 Å². The smallest absolute Gasteiger partial charge is 0.346 e. The number of hydrogen-bond acceptors (Lipinski definition) is 3. The Kier molecular flexibility index (Phi) is 5.03. The molecule has 1 unspecified atom stereocenters. The Labute approximate surface area is 133 Å². The maximum Gasteiger partial charge on any atom is 0.346 e. The third-order valence-corrected chi connectivity index (χ3v) is 3.81. The lowest BCUT2D eigenvalue weighted by Crippen LogP contribution is -2.38. The largest absolute Gasteiger partial charge is 0.352 e. The van der Waals surface area contributed by atoms with Gasteiger partial charge in [-0.1, -0.05) is 29.8 Å². The summed E-state index contributed by atoms with van der Waals surface area (Å²) in [7, 11) is 1.62. The fourth-order valence-electron chi connectivity index (χ4n) is 2.20. The molecule has 0 fully saturated rings. The van der Waals surface area contributed by atoms with Crippen molar-refractivity contribution >= 4 is 17.5 Å².